The second-order valence-electron chi connectivity index (χ2n) is 6.74. The number of halogens is 2. The summed E-state index contributed by atoms with van der Waals surface area (Å²) < 4.78 is 12.5. The van der Waals surface area contributed by atoms with Gasteiger partial charge in [-0.25, -0.2) is 0 Å². The zero-order valence-electron chi connectivity index (χ0n) is 15.1. The minimum atomic E-state index is 0.464. The first kappa shape index (κ1) is 19.5. The molecule has 1 saturated carbocycles. The molecule has 0 spiro atoms. The van der Waals surface area contributed by atoms with Crippen molar-refractivity contribution >= 4 is 27.5 Å². The van der Waals surface area contributed by atoms with Gasteiger partial charge in [-0.2, -0.15) is 0 Å². The van der Waals surface area contributed by atoms with E-state index in [4.69, 9.17) is 21.1 Å². The maximum absolute atomic E-state index is 6.00. The summed E-state index contributed by atoms with van der Waals surface area (Å²) in [6, 6.07) is 12.5. The second-order valence-corrected chi connectivity index (χ2v) is 8.03. The third-order valence-electron chi connectivity index (χ3n) is 4.79. The number of hydrogen-bond donors (Lipinski definition) is 1. The Morgan fingerprint density at radius 2 is 1.81 bits per heavy atom. The Labute approximate surface area is 169 Å². The summed E-state index contributed by atoms with van der Waals surface area (Å²) in [6.45, 7) is 1.31. The van der Waals surface area contributed by atoms with Gasteiger partial charge >= 0.3 is 0 Å². The van der Waals surface area contributed by atoms with Gasteiger partial charge < -0.3 is 14.8 Å². The highest BCUT2D eigenvalue weighted by Gasteiger charge is 2.15. The SMILES string of the molecule is COc1cc(CNC2CCCCC2)cc(Br)c1OCc1ccc(Cl)cc1. The van der Waals surface area contributed by atoms with E-state index in [0.29, 0.717) is 12.6 Å². The van der Waals surface area contributed by atoms with Crippen LogP contribution in [0.5, 0.6) is 11.5 Å². The maximum Gasteiger partial charge on any atom is 0.175 e. The third-order valence-corrected chi connectivity index (χ3v) is 5.63. The van der Waals surface area contributed by atoms with Gasteiger partial charge in [0.15, 0.2) is 11.5 Å². The van der Waals surface area contributed by atoms with Gasteiger partial charge in [-0.15, -0.1) is 0 Å². The molecule has 0 bridgehead atoms. The lowest BCUT2D eigenvalue weighted by Gasteiger charge is -2.23. The summed E-state index contributed by atoms with van der Waals surface area (Å²) in [6.07, 6.45) is 6.60. The van der Waals surface area contributed by atoms with E-state index in [0.717, 1.165) is 33.1 Å². The molecule has 140 valence electrons. The number of hydrogen-bond acceptors (Lipinski definition) is 3. The summed E-state index contributed by atoms with van der Waals surface area (Å²) in [5.74, 6) is 1.47. The Kier molecular flexibility index (Phi) is 7.23. The minimum Gasteiger partial charge on any atom is -0.493 e. The van der Waals surface area contributed by atoms with Crippen molar-refractivity contribution in [2.45, 2.75) is 51.3 Å². The summed E-state index contributed by atoms with van der Waals surface area (Å²) in [5, 5.41) is 4.39. The summed E-state index contributed by atoms with van der Waals surface area (Å²) in [4.78, 5) is 0. The molecule has 0 aromatic heterocycles. The normalized spacial score (nSPS) is 15.0. The molecule has 5 heteroatoms. The van der Waals surface area contributed by atoms with Gasteiger partial charge in [0.25, 0.3) is 0 Å². The summed E-state index contributed by atoms with van der Waals surface area (Å²) >= 11 is 9.57. The highest BCUT2D eigenvalue weighted by molar-refractivity contribution is 9.10. The van der Waals surface area contributed by atoms with Crippen LogP contribution >= 0.6 is 27.5 Å². The number of ether oxygens (including phenoxy) is 2. The highest BCUT2D eigenvalue weighted by Crippen LogP contribution is 2.37. The van der Waals surface area contributed by atoms with Crippen LogP contribution in [0.1, 0.15) is 43.2 Å². The van der Waals surface area contributed by atoms with Crippen molar-refractivity contribution in [2.75, 3.05) is 7.11 Å². The van der Waals surface area contributed by atoms with Crippen LogP contribution in [0.2, 0.25) is 5.02 Å². The van der Waals surface area contributed by atoms with Gasteiger partial charge in [0.1, 0.15) is 6.61 Å². The number of nitrogens with one attached hydrogen (secondary N) is 1. The smallest absolute Gasteiger partial charge is 0.175 e. The number of benzene rings is 2. The van der Waals surface area contributed by atoms with Crippen LogP contribution in [-0.4, -0.2) is 13.2 Å². The predicted molar refractivity (Wildman–Crippen MR) is 110 cm³/mol. The molecule has 0 unspecified atom stereocenters. The molecular formula is C21H25BrClNO2. The van der Waals surface area contributed by atoms with Crippen molar-refractivity contribution in [1.29, 1.82) is 0 Å². The first-order chi connectivity index (χ1) is 12.7. The van der Waals surface area contributed by atoms with Crippen molar-refractivity contribution in [3.63, 3.8) is 0 Å². The second kappa shape index (κ2) is 9.63. The Bertz CT molecular complexity index is 715. The van der Waals surface area contributed by atoms with Crippen molar-refractivity contribution in [1.82, 2.24) is 5.32 Å². The molecule has 2 aromatic carbocycles. The van der Waals surface area contributed by atoms with Gasteiger partial charge in [0, 0.05) is 17.6 Å². The van der Waals surface area contributed by atoms with E-state index in [2.05, 4.69) is 33.4 Å². The van der Waals surface area contributed by atoms with Gasteiger partial charge in [0.2, 0.25) is 0 Å². The molecule has 0 heterocycles. The van der Waals surface area contributed by atoms with Gasteiger partial charge in [-0.3, -0.25) is 0 Å². The molecule has 3 nitrogen and oxygen atoms in total. The molecule has 1 fully saturated rings. The van der Waals surface area contributed by atoms with Crippen molar-refractivity contribution < 1.29 is 9.47 Å². The first-order valence-corrected chi connectivity index (χ1v) is 10.3. The Hall–Kier alpha value is -1.23. The molecule has 1 N–H and O–H groups in total. The highest BCUT2D eigenvalue weighted by atomic mass is 79.9. The molecule has 0 atom stereocenters. The maximum atomic E-state index is 6.00. The van der Waals surface area contributed by atoms with E-state index in [-0.39, 0.29) is 0 Å². The molecule has 2 aromatic rings. The van der Waals surface area contributed by atoms with E-state index in [1.165, 1.54) is 37.7 Å². The zero-order chi connectivity index (χ0) is 18.4. The molecule has 0 aliphatic heterocycles. The fourth-order valence-electron chi connectivity index (χ4n) is 3.32. The van der Waals surface area contributed by atoms with Gasteiger partial charge in [0.05, 0.1) is 11.6 Å². The van der Waals surface area contributed by atoms with Crippen LogP contribution in [0, 0.1) is 0 Å². The van der Waals surface area contributed by atoms with E-state index in [1.54, 1.807) is 7.11 Å². The first-order valence-electron chi connectivity index (χ1n) is 9.13. The largest absolute Gasteiger partial charge is 0.493 e. The van der Waals surface area contributed by atoms with Crippen LogP contribution in [0.3, 0.4) is 0 Å². The molecule has 0 saturated heterocycles. The monoisotopic (exact) mass is 437 g/mol. The van der Waals surface area contributed by atoms with Gasteiger partial charge in [-0.05, 0) is 64.2 Å². The van der Waals surface area contributed by atoms with Crippen LogP contribution < -0.4 is 14.8 Å². The Morgan fingerprint density at radius 3 is 2.50 bits per heavy atom. The molecular weight excluding hydrogens is 414 g/mol. The lowest BCUT2D eigenvalue weighted by atomic mass is 9.95. The molecule has 3 rings (SSSR count). The average Bonchev–Trinajstić information content (AvgIpc) is 2.67. The molecule has 1 aliphatic rings. The standard InChI is InChI=1S/C21H25BrClNO2/c1-25-20-12-16(13-24-18-5-3-2-4-6-18)11-19(22)21(20)26-14-15-7-9-17(23)10-8-15/h7-12,18,24H,2-6,13-14H2,1H3. The molecule has 1 aliphatic carbocycles. The lowest BCUT2D eigenvalue weighted by Crippen LogP contribution is -2.30. The number of methoxy groups -OCH3 is 1. The molecule has 0 amide bonds. The van der Waals surface area contributed by atoms with Crippen molar-refractivity contribution in [3.05, 3.63) is 57.0 Å². The average molecular weight is 439 g/mol. The fraction of sp³-hybridized carbons (Fsp3) is 0.429. The van der Waals surface area contributed by atoms with E-state index in [1.807, 2.05) is 24.3 Å². The van der Waals surface area contributed by atoms with Crippen molar-refractivity contribution in [2.24, 2.45) is 0 Å². The van der Waals surface area contributed by atoms with Gasteiger partial charge in [-0.1, -0.05) is 43.0 Å². The minimum absolute atomic E-state index is 0.464. The summed E-state index contributed by atoms with van der Waals surface area (Å²) in [5.41, 5.74) is 2.25. The molecule has 0 radical (unpaired) electrons. The lowest BCUT2D eigenvalue weighted by molar-refractivity contribution is 0.282. The Morgan fingerprint density at radius 1 is 1.08 bits per heavy atom. The van der Waals surface area contributed by atoms with E-state index >= 15 is 0 Å². The predicted octanol–water partition coefficient (Wildman–Crippen LogP) is 6.11. The van der Waals surface area contributed by atoms with E-state index in [9.17, 15) is 0 Å². The zero-order valence-corrected chi connectivity index (χ0v) is 17.4. The number of rotatable bonds is 7. The quantitative estimate of drug-likeness (QED) is 0.565. The van der Waals surface area contributed by atoms with Crippen LogP contribution in [-0.2, 0) is 13.2 Å². The Balaban J connectivity index is 1.65. The molecule has 26 heavy (non-hydrogen) atoms. The topological polar surface area (TPSA) is 30.5 Å². The van der Waals surface area contributed by atoms with Crippen molar-refractivity contribution in [3.8, 4) is 11.5 Å². The summed E-state index contributed by atoms with van der Waals surface area (Å²) in [7, 11) is 1.68. The third kappa shape index (κ3) is 5.38. The van der Waals surface area contributed by atoms with Crippen LogP contribution in [0.25, 0.3) is 0 Å². The van der Waals surface area contributed by atoms with Crippen LogP contribution in [0.4, 0.5) is 0 Å². The van der Waals surface area contributed by atoms with E-state index < -0.39 is 0 Å². The van der Waals surface area contributed by atoms with Crippen LogP contribution in [0.15, 0.2) is 40.9 Å². The fourth-order valence-corrected chi connectivity index (χ4v) is 4.05.